The fourth-order valence-corrected chi connectivity index (χ4v) is 2.98. The van der Waals surface area contributed by atoms with E-state index in [1.165, 1.54) is 0 Å². The Balaban J connectivity index is 1.78. The second kappa shape index (κ2) is 4.72. The SMILES string of the molecule is O=C(O)C1CCn2cc(C3CCNCC3)nc2C1. The molecule has 2 aliphatic rings. The zero-order valence-corrected chi connectivity index (χ0v) is 10.4. The van der Waals surface area contributed by atoms with Crippen molar-refractivity contribution in [1.29, 1.82) is 0 Å². The highest BCUT2D eigenvalue weighted by Crippen LogP contribution is 2.27. The van der Waals surface area contributed by atoms with Crippen molar-refractivity contribution in [3.8, 4) is 0 Å². The standard InChI is InChI=1S/C13H19N3O2/c17-13(18)10-3-6-16-8-11(15-12(16)7-10)9-1-4-14-5-2-9/h8-10,14H,1-7H2,(H,17,18). The number of imidazole rings is 1. The average Bonchev–Trinajstić information content (AvgIpc) is 2.82. The first-order valence-electron chi connectivity index (χ1n) is 6.73. The summed E-state index contributed by atoms with van der Waals surface area (Å²) in [5.74, 6) is 0.572. The van der Waals surface area contributed by atoms with Gasteiger partial charge in [0.15, 0.2) is 0 Å². The van der Waals surface area contributed by atoms with Gasteiger partial charge < -0.3 is 15.0 Å². The van der Waals surface area contributed by atoms with Crippen LogP contribution in [0.3, 0.4) is 0 Å². The molecule has 2 N–H and O–H groups in total. The zero-order chi connectivity index (χ0) is 12.5. The number of nitrogens with one attached hydrogen (secondary N) is 1. The summed E-state index contributed by atoms with van der Waals surface area (Å²) in [6.45, 7) is 2.92. The topological polar surface area (TPSA) is 67.2 Å². The predicted molar refractivity (Wildman–Crippen MR) is 66.5 cm³/mol. The maximum absolute atomic E-state index is 11.0. The van der Waals surface area contributed by atoms with Crippen molar-refractivity contribution in [3.05, 3.63) is 17.7 Å². The van der Waals surface area contributed by atoms with Crippen LogP contribution in [0.1, 0.15) is 36.7 Å². The Kier molecular flexibility index (Phi) is 3.07. The van der Waals surface area contributed by atoms with Gasteiger partial charge in [-0.1, -0.05) is 0 Å². The minimum atomic E-state index is -0.687. The molecule has 0 spiro atoms. The van der Waals surface area contributed by atoms with Crippen LogP contribution in [0.4, 0.5) is 0 Å². The van der Waals surface area contributed by atoms with Crippen LogP contribution < -0.4 is 5.32 Å². The summed E-state index contributed by atoms with van der Waals surface area (Å²) in [7, 11) is 0. The summed E-state index contributed by atoms with van der Waals surface area (Å²) in [4.78, 5) is 15.7. The van der Waals surface area contributed by atoms with Gasteiger partial charge >= 0.3 is 5.97 Å². The van der Waals surface area contributed by atoms with Gasteiger partial charge in [0.05, 0.1) is 11.6 Å². The van der Waals surface area contributed by atoms with E-state index in [2.05, 4.69) is 21.1 Å². The van der Waals surface area contributed by atoms with Crippen molar-refractivity contribution >= 4 is 5.97 Å². The molecule has 1 aromatic heterocycles. The minimum Gasteiger partial charge on any atom is -0.481 e. The molecule has 2 aliphatic heterocycles. The number of aromatic nitrogens is 2. The third-order valence-electron chi connectivity index (χ3n) is 4.13. The van der Waals surface area contributed by atoms with Gasteiger partial charge in [0.25, 0.3) is 0 Å². The summed E-state index contributed by atoms with van der Waals surface area (Å²) in [5.41, 5.74) is 1.16. The highest BCUT2D eigenvalue weighted by atomic mass is 16.4. The van der Waals surface area contributed by atoms with Crippen molar-refractivity contribution in [2.75, 3.05) is 13.1 Å². The molecule has 1 fully saturated rings. The second-order valence-electron chi connectivity index (χ2n) is 5.33. The molecule has 3 heterocycles. The monoisotopic (exact) mass is 249 g/mol. The van der Waals surface area contributed by atoms with Crippen molar-refractivity contribution in [2.24, 2.45) is 5.92 Å². The largest absolute Gasteiger partial charge is 0.481 e. The molecule has 98 valence electrons. The maximum Gasteiger partial charge on any atom is 0.307 e. The van der Waals surface area contributed by atoms with Crippen molar-refractivity contribution in [2.45, 2.75) is 38.1 Å². The Bertz CT molecular complexity index is 449. The third kappa shape index (κ3) is 2.14. The third-order valence-corrected chi connectivity index (χ3v) is 4.13. The van der Waals surface area contributed by atoms with E-state index in [0.717, 1.165) is 50.4 Å². The van der Waals surface area contributed by atoms with E-state index in [1.54, 1.807) is 0 Å². The van der Waals surface area contributed by atoms with Gasteiger partial charge in [-0.2, -0.15) is 0 Å². The molecule has 0 bridgehead atoms. The smallest absolute Gasteiger partial charge is 0.307 e. The summed E-state index contributed by atoms with van der Waals surface area (Å²) in [5, 5.41) is 12.4. The van der Waals surface area contributed by atoms with Crippen LogP contribution in [0.15, 0.2) is 6.20 Å². The van der Waals surface area contributed by atoms with Crippen LogP contribution in [0, 0.1) is 5.92 Å². The van der Waals surface area contributed by atoms with Gasteiger partial charge in [0, 0.05) is 25.1 Å². The first kappa shape index (κ1) is 11.7. The van der Waals surface area contributed by atoms with E-state index in [9.17, 15) is 4.79 Å². The number of hydrogen-bond acceptors (Lipinski definition) is 3. The van der Waals surface area contributed by atoms with Crippen LogP contribution in [0.5, 0.6) is 0 Å². The van der Waals surface area contributed by atoms with Crippen LogP contribution in [-0.2, 0) is 17.8 Å². The number of aryl methyl sites for hydroxylation is 1. The number of piperidine rings is 1. The molecular formula is C13H19N3O2. The van der Waals surface area contributed by atoms with Gasteiger partial charge in [0.1, 0.15) is 5.82 Å². The lowest BCUT2D eigenvalue weighted by Gasteiger charge is -2.20. The summed E-state index contributed by atoms with van der Waals surface area (Å²) < 4.78 is 2.15. The van der Waals surface area contributed by atoms with Gasteiger partial charge in [-0.05, 0) is 32.4 Å². The summed E-state index contributed by atoms with van der Waals surface area (Å²) in [6.07, 6.45) is 5.73. The fraction of sp³-hybridized carbons (Fsp3) is 0.692. The molecule has 0 aliphatic carbocycles. The minimum absolute atomic E-state index is 0.249. The lowest BCUT2D eigenvalue weighted by molar-refractivity contribution is -0.142. The highest BCUT2D eigenvalue weighted by molar-refractivity contribution is 5.70. The lowest BCUT2D eigenvalue weighted by Crippen LogP contribution is -2.26. The number of rotatable bonds is 2. The number of fused-ring (bicyclic) bond motifs is 1. The van der Waals surface area contributed by atoms with Gasteiger partial charge in [-0.15, -0.1) is 0 Å². The first-order valence-corrected chi connectivity index (χ1v) is 6.73. The normalized spacial score (nSPS) is 24.8. The number of hydrogen-bond donors (Lipinski definition) is 2. The van der Waals surface area contributed by atoms with Crippen LogP contribution in [-0.4, -0.2) is 33.7 Å². The van der Waals surface area contributed by atoms with Crippen LogP contribution in [0.2, 0.25) is 0 Å². The van der Waals surface area contributed by atoms with Crippen molar-refractivity contribution in [1.82, 2.24) is 14.9 Å². The average molecular weight is 249 g/mol. The van der Waals surface area contributed by atoms with Crippen LogP contribution >= 0.6 is 0 Å². The zero-order valence-electron chi connectivity index (χ0n) is 10.4. The van der Waals surface area contributed by atoms with Gasteiger partial charge in [0.2, 0.25) is 0 Å². The van der Waals surface area contributed by atoms with E-state index in [4.69, 9.17) is 5.11 Å². The Morgan fingerprint density at radius 2 is 2.17 bits per heavy atom. The molecule has 18 heavy (non-hydrogen) atoms. The molecule has 1 aromatic rings. The van der Waals surface area contributed by atoms with Crippen molar-refractivity contribution in [3.63, 3.8) is 0 Å². The number of carboxylic acids is 1. The Morgan fingerprint density at radius 3 is 2.89 bits per heavy atom. The number of carboxylic acid groups (broad SMARTS) is 1. The molecule has 0 amide bonds. The fourth-order valence-electron chi connectivity index (χ4n) is 2.98. The molecule has 5 heteroatoms. The van der Waals surface area contributed by atoms with Crippen molar-refractivity contribution < 1.29 is 9.90 Å². The number of aliphatic carboxylic acids is 1. The lowest BCUT2D eigenvalue weighted by atomic mass is 9.95. The predicted octanol–water partition coefficient (Wildman–Crippen LogP) is 0.997. The first-order chi connectivity index (χ1) is 8.74. The van der Waals surface area contributed by atoms with Gasteiger partial charge in [-0.3, -0.25) is 4.79 Å². The van der Waals surface area contributed by atoms with E-state index in [1.807, 2.05) is 0 Å². The molecule has 0 aromatic carbocycles. The molecular weight excluding hydrogens is 230 g/mol. The van der Waals surface area contributed by atoms with E-state index in [-0.39, 0.29) is 5.92 Å². The quantitative estimate of drug-likeness (QED) is 0.820. The molecule has 1 unspecified atom stereocenters. The number of nitrogens with zero attached hydrogens (tertiary/aromatic N) is 2. The second-order valence-corrected chi connectivity index (χ2v) is 5.33. The van der Waals surface area contributed by atoms with E-state index >= 15 is 0 Å². The molecule has 1 atom stereocenters. The molecule has 1 saturated heterocycles. The molecule has 0 radical (unpaired) electrons. The molecule has 3 rings (SSSR count). The molecule has 0 saturated carbocycles. The maximum atomic E-state index is 11.0. The Morgan fingerprint density at radius 1 is 1.39 bits per heavy atom. The van der Waals surface area contributed by atoms with E-state index < -0.39 is 5.97 Å². The highest BCUT2D eigenvalue weighted by Gasteiger charge is 2.27. The van der Waals surface area contributed by atoms with E-state index in [0.29, 0.717) is 12.3 Å². The summed E-state index contributed by atoms with van der Waals surface area (Å²) in [6, 6.07) is 0. The Labute approximate surface area is 106 Å². The van der Waals surface area contributed by atoms with Gasteiger partial charge in [-0.25, -0.2) is 4.98 Å². The van der Waals surface area contributed by atoms with Crippen LogP contribution in [0.25, 0.3) is 0 Å². The summed E-state index contributed by atoms with van der Waals surface area (Å²) >= 11 is 0. The molecule has 5 nitrogen and oxygen atoms in total. The Hall–Kier alpha value is -1.36. The number of carbonyl (C=O) groups is 1.